The van der Waals surface area contributed by atoms with Gasteiger partial charge in [-0.3, -0.25) is 4.57 Å². The van der Waals surface area contributed by atoms with Crippen LogP contribution < -0.4 is 0 Å². The molecule has 1 aromatic carbocycles. The van der Waals surface area contributed by atoms with Crippen molar-refractivity contribution in [3.8, 4) is 5.75 Å². The number of phenols is 1. The molecule has 0 aliphatic rings. The SMILES string of the molecule is C=CP(=O)(O)O.Oc1c(Cl)c(Cl)c(Cl)c(Cl)c1Cl. The van der Waals surface area contributed by atoms with E-state index >= 15 is 0 Å². The van der Waals surface area contributed by atoms with Gasteiger partial charge < -0.3 is 14.9 Å². The highest BCUT2D eigenvalue weighted by molar-refractivity contribution is 7.55. The second-order valence-corrected chi connectivity index (χ2v) is 6.12. The monoisotopic (exact) mass is 372 g/mol. The van der Waals surface area contributed by atoms with Gasteiger partial charge in [-0.15, -0.1) is 0 Å². The van der Waals surface area contributed by atoms with Crippen LogP contribution in [0.1, 0.15) is 0 Å². The lowest BCUT2D eigenvalue weighted by Crippen LogP contribution is -1.78. The Morgan fingerprint density at radius 3 is 1.33 bits per heavy atom. The van der Waals surface area contributed by atoms with Gasteiger partial charge in [0.1, 0.15) is 10.0 Å². The van der Waals surface area contributed by atoms with Gasteiger partial charge in [-0.25, -0.2) is 0 Å². The van der Waals surface area contributed by atoms with E-state index < -0.39 is 7.60 Å². The molecule has 4 nitrogen and oxygen atoms in total. The average Bonchev–Trinajstić information content (AvgIpc) is 2.31. The first-order chi connectivity index (χ1) is 8.02. The molecule has 0 amide bonds. The molecule has 102 valence electrons. The highest BCUT2D eigenvalue weighted by Gasteiger charge is 2.18. The molecule has 0 saturated heterocycles. The minimum absolute atomic E-state index is 0.00904. The predicted octanol–water partition coefficient (Wildman–Crippen LogP) is 4.97. The molecule has 0 aliphatic heterocycles. The molecule has 0 heterocycles. The number of hydrogen-bond donors (Lipinski definition) is 3. The molecule has 0 aliphatic carbocycles. The molecule has 0 aromatic heterocycles. The van der Waals surface area contributed by atoms with Gasteiger partial charge in [-0.1, -0.05) is 64.6 Å². The Morgan fingerprint density at radius 2 is 1.11 bits per heavy atom. The molecule has 0 unspecified atom stereocenters. The van der Waals surface area contributed by atoms with Crippen molar-refractivity contribution in [3.05, 3.63) is 37.5 Å². The molecule has 10 heteroatoms. The van der Waals surface area contributed by atoms with Crippen molar-refractivity contribution in [1.82, 2.24) is 0 Å². The fourth-order valence-electron chi connectivity index (χ4n) is 0.593. The number of benzene rings is 1. The van der Waals surface area contributed by atoms with Crippen LogP contribution in [0.15, 0.2) is 12.4 Å². The molecular formula is C8H6Cl5O4P. The fraction of sp³-hybridized carbons (Fsp3) is 0. The minimum Gasteiger partial charge on any atom is -0.505 e. The summed E-state index contributed by atoms with van der Waals surface area (Å²) in [5, 5.41) is 9.01. The van der Waals surface area contributed by atoms with Crippen LogP contribution in [0.4, 0.5) is 0 Å². The zero-order valence-electron chi connectivity index (χ0n) is 8.37. The van der Waals surface area contributed by atoms with Crippen molar-refractivity contribution in [2.75, 3.05) is 0 Å². The number of hydrogen-bond acceptors (Lipinski definition) is 2. The van der Waals surface area contributed by atoms with Crippen molar-refractivity contribution in [1.29, 1.82) is 0 Å². The van der Waals surface area contributed by atoms with Crippen molar-refractivity contribution in [3.63, 3.8) is 0 Å². The van der Waals surface area contributed by atoms with Crippen LogP contribution in [-0.4, -0.2) is 14.9 Å². The van der Waals surface area contributed by atoms with E-state index in [4.69, 9.17) is 67.8 Å². The van der Waals surface area contributed by atoms with E-state index in [0.717, 1.165) is 0 Å². The van der Waals surface area contributed by atoms with Crippen LogP contribution in [0.5, 0.6) is 5.75 Å². The summed E-state index contributed by atoms with van der Waals surface area (Å²) in [5.41, 5.74) is 0. The molecule has 0 saturated carbocycles. The predicted molar refractivity (Wildman–Crippen MR) is 75.4 cm³/mol. The molecule has 0 atom stereocenters. The first-order valence-corrected chi connectivity index (χ1v) is 7.49. The molecule has 0 fully saturated rings. The zero-order valence-corrected chi connectivity index (χ0v) is 13.0. The number of aromatic hydroxyl groups is 1. The minimum atomic E-state index is -3.88. The number of halogens is 5. The molecule has 0 spiro atoms. The third-order valence-electron chi connectivity index (χ3n) is 1.42. The molecule has 1 aromatic rings. The fourth-order valence-corrected chi connectivity index (χ4v) is 1.72. The Labute approximate surface area is 128 Å². The third-order valence-corrected chi connectivity index (χ3v) is 4.16. The quantitative estimate of drug-likeness (QED) is 0.369. The zero-order chi connectivity index (χ0) is 14.7. The van der Waals surface area contributed by atoms with Gasteiger partial charge in [-0.05, 0) is 0 Å². The maximum absolute atomic E-state index is 9.58. The maximum atomic E-state index is 9.58. The standard InChI is InChI=1S/C6HCl5O.C2H5O3P/c7-1-2(8)4(10)6(12)5(11)3(1)9;1-2-6(3,4)5/h12H;2H,1H2,(H2,3,4,5). The summed E-state index contributed by atoms with van der Waals surface area (Å²) in [5.74, 6) is 0.241. The van der Waals surface area contributed by atoms with Crippen molar-refractivity contribution >= 4 is 65.6 Å². The molecule has 0 radical (unpaired) electrons. The van der Waals surface area contributed by atoms with Gasteiger partial charge in [0.25, 0.3) is 0 Å². The van der Waals surface area contributed by atoms with Crippen LogP contribution in [0.3, 0.4) is 0 Å². The summed E-state index contributed by atoms with van der Waals surface area (Å²) in [4.78, 5) is 15.6. The number of rotatable bonds is 1. The Kier molecular flexibility index (Phi) is 7.37. The Bertz CT molecular complexity index is 408. The van der Waals surface area contributed by atoms with Gasteiger partial charge in [0.05, 0.1) is 15.1 Å². The van der Waals surface area contributed by atoms with Gasteiger partial charge in [0.15, 0.2) is 5.75 Å². The molecule has 1 rings (SSSR count). The number of phenolic OH excluding ortho intramolecular Hbond substituents is 1. The lowest BCUT2D eigenvalue weighted by atomic mass is 10.3. The largest absolute Gasteiger partial charge is 0.505 e. The third kappa shape index (κ3) is 5.16. The lowest BCUT2D eigenvalue weighted by Gasteiger charge is -2.06. The smallest absolute Gasteiger partial charge is 0.348 e. The van der Waals surface area contributed by atoms with E-state index in [2.05, 4.69) is 6.58 Å². The summed E-state index contributed by atoms with van der Waals surface area (Å²) in [7, 11) is -3.88. The Hall–Kier alpha value is 0.360. The topological polar surface area (TPSA) is 77.8 Å². The highest BCUT2D eigenvalue weighted by atomic mass is 35.5. The Morgan fingerprint density at radius 1 is 0.889 bits per heavy atom. The van der Waals surface area contributed by atoms with Crippen molar-refractivity contribution in [2.45, 2.75) is 0 Å². The summed E-state index contributed by atoms with van der Waals surface area (Å²) >= 11 is 27.9. The van der Waals surface area contributed by atoms with E-state index in [1.165, 1.54) is 0 Å². The van der Waals surface area contributed by atoms with E-state index in [1.807, 2.05) is 0 Å². The molecule has 18 heavy (non-hydrogen) atoms. The Balaban J connectivity index is 0.000000411. The van der Waals surface area contributed by atoms with E-state index in [9.17, 15) is 9.67 Å². The van der Waals surface area contributed by atoms with E-state index in [0.29, 0.717) is 5.82 Å². The summed E-state index contributed by atoms with van der Waals surface area (Å²) in [6.45, 7) is 2.87. The molecular weight excluding hydrogens is 368 g/mol. The van der Waals surface area contributed by atoms with Crippen molar-refractivity contribution < 1.29 is 19.5 Å². The summed E-state index contributed by atoms with van der Waals surface area (Å²) < 4.78 is 9.58. The van der Waals surface area contributed by atoms with Crippen LogP contribution in [0.2, 0.25) is 25.1 Å². The second kappa shape index (κ2) is 7.22. The van der Waals surface area contributed by atoms with Gasteiger partial charge in [-0.2, -0.15) is 0 Å². The van der Waals surface area contributed by atoms with Gasteiger partial charge >= 0.3 is 7.60 Å². The summed E-state index contributed by atoms with van der Waals surface area (Å²) in [6.07, 6.45) is 0. The van der Waals surface area contributed by atoms with E-state index in [-0.39, 0.29) is 30.9 Å². The normalized spacial score (nSPS) is 10.6. The summed E-state index contributed by atoms with van der Waals surface area (Å²) in [6, 6.07) is 0. The van der Waals surface area contributed by atoms with Crippen molar-refractivity contribution in [2.24, 2.45) is 0 Å². The van der Waals surface area contributed by atoms with Crippen LogP contribution in [0.25, 0.3) is 0 Å². The van der Waals surface area contributed by atoms with Gasteiger partial charge in [0, 0.05) is 5.82 Å². The van der Waals surface area contributed by atoms with Crippen LogP contribution >= 0.6 is 65.6 Å². The lowest BCUT2D eigenvalue weighted by molar-refractivity contribution is 0.386. The average molecular weight is 374 g/mol. The first kappa shape index (κ1) is 18.4. The maximum Gasteiger partial charge on any atom is 0.348 e. The second-order valence-electron chi connectivity index (χ2n) is 2.69. The van der Waals surface area contributed by atoms with E-state index in [1.54, 1.807) is 0 Å². The highest BCUT2D eigenvalue weighted by Crippen LogP contribution is 2.47. The van der Waals surface area contributed by atoms with Crippen LogP contribution in [-0.2, 0) is 4.57 Å². The molecule has 3 N–H and O–H groups in total. The van der Waals surface area contributed by atoms with Crippen LogP contribution in [0, 0.1) is 0 Å². The van der Waals surface area contributed by atoms with Gasteiger partial charge in [0.2, 0.25) is 0 Å². The molecule has 0 bridgehead atoms. The first-order valence-electron chi connectivity index (χ1n) is 3.92.